The van der Waals surface area contributed by atoms with Crippen molar-refractivity contribution in [2.75, 3.05) is 0 Å². The lowest BCUT2D eigenvalue weighted by atomic mass is 10.2. The molecule has 0 heterocycles. The van der Waals surface area contributed by atoms with E-state index in [1.54, 1.807) is 0 Å². The van der Waals surface area contributed by atoms with Gasteiger partial charge in [-0.25, -0.2) is 5.26 Å². The minimum Gasteiger partial charge on any atom is -0.206 e. The summed E-state index contributed by atoms with van der Waals surface area (Å²) in [6.07, 6.45) is 0. The lowest BCUT2D eigenvalue weighted by Crippen LogP contribution is -2.46. The smallest absolute Gasteiger partial charge is 0.205 e. The van der Waals surface area contributed by atoms with E-state index in [0.29, 0.717) is 0 Å². The quantitative estimate of drug-likeness (QED) is 0.753. The van der Waals surface area contributed by atoms with Gasteiger partial charge in [-0.15, -0.1) is 0 Å². The highest BCUT2D eigenvalue weighted by molar-refractivity contribution is 6.96. The van der Waals surface area contributed by atoms with Crippen molar-refractivity contribution in [3.8, 4) is 5.69 Å². The van der Waals surface area contributed by atoms with Crippen LogP contribution in [0.15, 0.2) is 60.7 Å². The molecule has 0 saturated carbocycles. The monoisotopic (exact) mass is 237 g/mol. The zero-order chi connectivity index (χ0) is 12.1. The van der Waals surface area contributed by atoms with E-state index in [1.165, 1.54) is 10.8 Å². The molecule has 2 aromatic rings. The number of nitriles is 1. The van der Waals surface area contributed by atoms with Crippen LogP contribution in [-0.4, -0.2) is 8.07 Å². The lowest BCUT2D eigenvalue weighted by molar-refractivity contribution is 1.33. The van der Waals surface area contributed by atoms with E-state index in [-0.39, 0.29) is 0 Å². The third-order valence-electron chi connectivity index (χ3n) is 3.06. The maximum atomic E-state index is 9.51. The van der Waals surface area contributed by atoms with Gasteiger partial charge in [0.05, 0.1) is 0 Å². The molecule has 0 radical (unpaired) electrons. The summed E-state index contributed by atoms with van der Waals surface area (Å²) in [7, 11) is -2.03. The molecule has 0 saturated heterocycles. The first-order valence-electron chi connectivity index (χ1n) is 5.75. The molecule has 0 aliphatic rings. The molecule has 0 aliphatic carbocycles. The van der Waals surface area contributed by atoms with Crippen molar-refractivity contribution in [2.45, 2.75) is 12.6 Å². The van der Waals surface area contributed by atoms with Crippen molar-refractivity contribution in [3.05, 3.63) is 66.2 Å². The maximum absolute atomic E-state index is 9.51. The topological polar surface area (TPSA) is 23.8 Å². The predicted molar refractivity (Wildman–Crippen MR) is 73.5 cm³/mol. The highest BCUT2D eigenvalue weighted by Gasteiger charge is 2.30. The second-order valence-corrected chi connectivity index (χ2v) is 8.29. The van der Waals surface area contributed by atoms with E-state index in [0.717, 1.165) is 6.04 Å². The largest absolute Gasteiger partial charge is 0.206 e. The summed E-state index contributed by atoms with van der Waals surface area (Å²) in [5, 5.41) is 10.7. The van der Waals surface area contributed by atoms with Crippen molar-refractivity contribution in [2.24, 2.45) is 0 Å². The molecule has 17 heavy (non-hydrogen) atoms. The number of nitrogens with zero attached hydrogens (tertiary/aromatic N) is 1. The molecule has 1 nitrogen and oxygen atoms in total. The highest BCUT2D eigenvalue weighted by atomic mass is 28.3. The minimum atomic E-state index is -2.03. The van der Waals surface area contributed by atoms with Gasteiger partial charge in [0, 0.05) is 5.69 Å². The zero-order valence-corrected chi connectivity index (χ0v) is 10.9. The van der Waals surface area contributed by atoms with Crippen LogP contribution in [0.25, 0.3) is 0 Å². The molecule has 2 aromatic carbocycles. The highest BCUT2D eigenvalue weighted by Crippen LogP contribution is 2.11. The number of benzene rings is 2. The van der Waals surface area contributed by atoms with Crippen LogP contribution in [0.1, 0.15) is 5.56 Å². The third kappa shape index (κ3) is 2.63. The van der Waals surface area contributed by atoms with E-state index < -0.39 is 8.07 Å². The van der Waals surface area contributed by atoms with E-state index in [4.69, 9.17) is 0 Å². The van der Waals surface area contributed by atoms with Crippen molar-refractivity contribution in [1.82, 2.24) is 0 Å². The van der Waals surface area contributed by atoms with E-state index in [9.17, 15) is 5.26 Å². The normalized spacial score (nSPS) is 13.6. The van der Waals surface area contributed by atoms with E-state index in [1.807, 2.05) is 36.4 Å². The molecule has 1 atom stereocenters. The van der Waals surface area contributed by atoms with Crippen LogP contribution in [0, 0.1) is 11.0 Å². The Morgan fingerprint density at radius 3 is 2.00 bits per heavy atom. The fourth-order valence-electron chi connectivity index (χ4n) is 2.02. The Balaban J connectivity index is 2.31. The summed E-state index contributed by atoms with van der Waals surface area (Å²) in [6.45, 7) is 2.13. The Kier molecular flexibility index (Phi) is 3.41. The lowest BCUT2D eigenvalue weighted by Gasteiger charge is -2.19. The Morgan fingerprint density at radius 2 is 1.47 bits per heavy atom. The van der Waals surface area contributed by atoms with E-state index in [2.05, 4.69) is 36.5 Å². The molecule has 0 aromatic heterocycles. The van der Waals surface area contributed by atoms with Gasteiger partial charge in [0.25, 0.3) is 0 Å². The van der Waals surface area contributed by atoms with Crippen LogP contribution >= 0.6 is 0 Å². The standard InChI is InChI=1S/C15H15NSi/c1-17(13-16,15-10-6-3-7-11-15)12-14-8-4-2-5-9-14/h2-11H,12H2,1H3. The number of hydrogen-bond acceptors (Lipinski definition) is 1. The molecule has 0 N–H and O–H groups in total. The second kappa shape index (κ2) is 4.99. The van der Waals surface area contributed by atoms with Gasteiger partial charge in [0.1, 0.15) is 0 Å². The van der Waals surface area contributed by atoms with Crippen LogP contribution < -0.4 is 5.19 Å². The molecule has 2 rings (SSSR count). The van der Waals surface area contributed by atoms with Gasteiger partial charge in [-0.2, -0.15) is 0 Å². The van der Waals surface area contributed by atoms with Crippen LogP contribution in [-0.2, 0) is 6.04 Å². The molecule has 0 aliphatic heterocycles. The predicted octanol–water partition coefficient (Wildman–Crippen LogP) is 2.82. The van der Waals surface area contributed by atoms with Crippen molar-refractivity contribution in [1.29, 1.82) is 5.26 Å². The molecule has 2 heteroatoms. The van der Waals surface area contributed by atoms with Gasteiger partial charge in [0.15, 0.2) is 0 Å². The van der Waals surface area contributed by atoms with Gasteiger partial charge in [-0.1, -0.05) is 67.2 Å². The molecule has 1 unspecified atom stereocenters. The van der Waals surface area contributed by atoms with Crippen LogP contribution in [0.2, 0.25) is 6.55 Å². The Bertz CT molecular complexity index is 516. The van der Waals surface area contributed by atoms with Gasteiger partial charge in [0.2, 0.25) is 8.07 Å². The Morgan fingerprint density at radius 1 is 0.941 bits per heavy atom. The van der Waals surface area contributed by atoms with Gasteiger partial charge < -0.3 is 0 Å². The van der Waals surface area contributed by atoms with Crippen molar-refractivity contribution < 1.29 is 0 Å². The summed E-state index contributed by atoms with van der Waals surface area (Å²) < 4.78 is 0. The van der Waals surface area contributed by atoms with Crippen LogP contribution in [0.3, 0.4) is 0 Å². The van der Waals surface area contributed by atoms with Gasteiger partial charge in [-0.3, -0.25) is 0 Å². The minimum absolute atomic E-state index is 0.883. The molecule has 0 amide bonds. The summed E-state index contributed by atoms with van der Waals surface area (Å²) in [4.78, 5) is 0. The third-order valence-corrected chi connectivity index (χ3v) is 6.27. The van der Waals surface area contributed by atoms with Crippen LogP contribution in [0.4, 0.5) is 0 Å². The zero-order valence-electron chi connectivity index (χ0n) is 9.93. The molecular weight excluding hydrogens is 222 g/mol. The first kappa shape index (κ1) is 11.6. The molecule has 84 valence electrons. The summed E-state index contributed by atoms with van der Waals surface area (Å²) >= 11 is 0. The number of rotatable bonds is 3. The summed E-state index contributed by atoms with van der Waals surface area (Å²) in [6, 6.07) is 21.4. The number of hydrogen-bond donors (Lipinski definition) is 0. The molecular formula is C15H15NSi. The average Bonchev–Trinajstić information content (AvgIpc) is 2.41. The molecule has 0 bridgehead atoms. The van der Waals surface area contributed by atoms with Crippen molar-refractivity contribution in [3.63, 3.8) is 0 Å². The van der Waals surface area contributed by atoms with Gasteiger partial charge in [-0.05, 0) is 16.8 Å². The average molecular weight is 237 g/mol. The van der Waals surface area contributed by atoms with Crippen LogP contribution in [0.5, 0.6) is 0 Å². The summed E-state index contributed by atoms with van der Waals surface area (Å²) in [5.41, 5.74) is 3.84. The van der Waals surface area contributed by atoms with Crippen molar-refractivity contribution >= 4 is 13.3 Å². The van der Waals surface area contributed by atoms with E-state index >= 15 is 0 Å². The fourth-order valence-corrected chi connectivity index (χ4v) is 4.41. The summed E-state index contributed by atoms with van der Waals surface area (Å²) in [5.74, 6) is 0. The Hall–Kier alpha value is -1.85. The second-order valence-electron chi connectivity index (χ2n) is 4.47. The fraction of sp³-hybridized carbons (Fsp3) is 0.133. The first-order chi connectivity index (χ1) is 8.24. The molecule has 0 spiro atoms. The SMILES string of the molecule is C[Si](C#N)(Cc1ccccc1)c1ccccc1. The first-order valence-corrected chi connectivity index (χ1v) is 8.46. The Labute approximate surface area is 103 Å². The maximum Gasteiger partial charge on any atom is 0.205 e. The molecule has 0 fully saturated rings. The van der Waals surface area contributed by atoms with Gasteiger partial charge >= 0.3 is 0 Å².